The number of nitrogens with zero attached hydrogens (tertiary/aromatic N) is 2. The second-order valence-corrected chi connectivity index (χ2v) is 7.65. The molecule has 1 unspecified atom stereocenters. The lowest BCUT2D eigenvalue weighted by molar-refractivity contribution is 0.254. The maximum atomic E-state index is 12.4. The highest BCUT2D eigenvalue weighted by molar-refractivity contribution is 7.86. The Bertz CT molecular complexity index is 343. The summed E-state index contributed by atoms with van der Waals surface area (Å²) in [7, 11) is -1.62. The monoisotopic (exact) mass is 277 g/mol. The Labute approximate surface area is 112 Å². The first-order valence-corrected chi connectivity index (χ1v) is 8.19. The van der Waals surface area contributed by atoms with Crippen molar-refractivity contribution in [2.75, 3.05) is 33.2 Å². The zero-order chi connectivity index (χ0) is 13.8. The van der Waals surface area contributed by atoms with Crippen molar-refractivity contribution in [3.8, 4) is 0 Å². The van der Waals surface area contributed by atoms with Crippen molar-refractivity contribution in [1.82, 2.24) is 8.61 Å². The molecule has 1 aliphatic heterocycles. The van der Waals surface area contributed by atoms with Crippen LogP contribution in [-0.4, -0.2) is 50.3 Å². The van der Waals surface area contributed by atoms with Crippen molar-refractivity contribution in [2.24, 2.45) is 17.6 Å². The molecule has 1 atom stereocenters. The molecule has 0 aromatic carbocycles. The van der Waals surface area contributed by atoms with E-state index in [-0.39, 0.29) is 0 Å². The molecular formula is C12H27N3O2S. The third-order valence-electron chi connectivity index (χ3n) is 3.56. The van der Waals surface area contributed by atoms with E-state index in [4.69, 9.17) is 5.73 Å². The van der Waals surface area contributed by atoms with Crippen molar-refractivity contribution in [3.63, 3.8) is 0 Å². The van der Waals surface area contributed by atoms with Gasteiger partial charge in [-0.15, -0.1) is 0 Å². The summed E-state index contributed by atoms with van der Waals surface area (Å²) in [5.41, 5.74) is 5.65. The smallest absolute Gasteiger partial charge is 0.281 e. The third kappa shape index (κ3) is 4.19. The molecule has 1 aliphatic rings. The molecule has 1 fully saturated rings. The predicted octanol–water partition coefficient (Wildman–Crippen LogP) is 0.880. The summed E-state index contributed by atoms with van der Waals surface area (Å²) in [6, 6.07) is 0. The van der Waals surface area contributed by atoms with Gasteiger partial charge in [0.25, 0.3) is 10.2 Å². The van der Waals surface area contributed by atoms with Gasteiger partial charge in [-0.1, -0.05) is 13.8 Å². The fourth-order valence-corrected chi connectivity index (χ4v) is 3.67. The lowest BCUT2D eigenvalue weighted by atomic mass is 10.0. The lowest BCUT2D eigenvalue weighted by Gasteiger charge is -2.34. The van der Waals surface area contributed by atoms with Gasteiger partial charge in [-0.25, -0.2) is 0 Å². The van der Waals surface area contributed by atoms with Crippen LogP contribution in [0.15, 0.2) is 0 Å². The van der Waals surface area contributed by atoms with E-state index in [0.717, 1.165) is 19.3 Å². The van der Waals surface area contributed by atoms with Gasteiger partial charge in [0.05, 0.1) is 0 Å². The van der Waals surface area contributed by atoms with Gasteiger partial charge in [0.15, 0.2) is 0 Å². The Balaban J connectivity index is 2.61. The molecule has 1 rings (SSSR count). The molecule has 0 bridgehead atoms. The van der Waals surface area contributed by atoms with Crippen LogP contribution in [0.5, 0.6) is 0 Å². The predicted molar refractivity (Wildman–Crippen MR) is 74.4 cm³/mol. The second-order valence-electron chi connectivity index (χ2n) is 5.61. The van der Waals surface area contributed by atoms with Crippen LogP contribution < -0.4 is 5.73 Å². The first-order chi connectivity index (χ1) is 8.37. The molecule has 1 saturated heterocycles. The van der Waals surface area contributed by atoms with Crippen LogP contribution in [0, 0.1) is 11.8 Å². The quantitative estimate of drug-likeness (QED) is 0.784. The zero-order valence-electron chi connectivity index (χ0n) is 11.8. The normalized spacial score (nSPS) is 22.9. The van der Waals surface area contributed by atoms with Crippen molar-refractivity contribution >= 4 is 10.2 Å². The maximum Gasteiger partial charge on any atom is 0.281 e. The minimum atomic E-state index is -3.29. The van der Waals surface area contributed by atoms with E-state index in [0.29, 0.717) is 38.0 Å². The van der Waals surface area contributed by atoms with Gasteiger partial charge in [-0.2, -0.15) is 17.0 Å². The highest BCUT2D eigenvalue weighted by Gasteiger charge is 2.31. The largest absolute Gasteiger partial charge is 0.330 e. The average molecular weight is 277 g/mol. The summed E-state index contributed by atoms with van der Waals surface area (Å²) >= 11 is 0. The van der Waals surface area contributed by atoms with E-state index in [9.17, 15) is 8.42 Å². The molecular weight excluding hydrogens is 250 g/mol. The minimum absolute atomic E-state index is 0.312. The van der Waals surface area contributed by atoms with Crippen molar-refractivity contribution in [3.05, 3.63) is 0 Å². The van der Waals surface area contributed by atoms with Crippen LogP contribution in [0.25, 0.3) is 0 Å². The summed E-state index contributed by atoms with van der Waals surface area (Å²) in [4.78, 5) is 0. The minimum Gasteiger partial charge on any atom is -0.330 e. The van der Waals surface area contributed by atoms with Crippen LogP contribution in [-0.2, 0) is 10.2 Å². The molecule has 0 spiro atoms. The molecule has 0 radical (unpaired) electrons. The summed E-state index contributed by atoms with van der Waals surface area (Å²) in [6.45, 7) is 6.57. The summed E-state index contributed by atoms with van der Waals surface area (Å²) in [6.07, 6.45) is 2.85. The van der Waals surface area contributed by atoms with Crippen molar-refractivity contribution in [1.29, 1.82) is 0 Å². The van der Waals surface area contributed by atoms with Gasteiger partial charge in [-0.05, 0) is 37.6 Å². The van der Waals surface area contributed by atoms with Crippen LogP contribution in [0.2, 0.25) is 0 Å². The topological polar surface area (TPSA) is 66.6 Å². The highest BCUT2D eigenvalue weighted by atomic mass is 32.2. The van der Waals surface area contributed by atoms with Gasteiger partial charge in [0.1, 0.15) is 0 Å². The average Bonchev–Trinajstić information content (AvgIpc) is 2.35. The molecule has 0 amide bonds. The molecule has 0 aliphatic carbocycles. The number of piperidine rings is 1. The molecule has 6 heteroatoms. The zero-order valence-corrected chi connectivity index (χ0v) is 12.6. The molecule has 2 N–H and O–H groups in total. The van der Waals surface area contributed by atoms with Gasteiger partial charge >= 0.3 is 0 Å². The number of hydrogen-bond donors (Lipinski definition) is 1. The number of rotatable bonds is 6. The number of hydrogen-bond acceptors (Lipinski definition) is 3. The summed E-state index contributed by atoms with van der Waals surface area (Å²) < 4.78 is 27.8. The van der Waals surface area contributed by atoms with Crippen LogP contribution >= 0.6 is 0 Å². The summed E-state index contributed by atoms with van der Waals surface area (Å²) in [5.74, 6) is 0.827. The molecule has 1 heterocycles. The van der Waals surface area contributed by atoms with Gasteiger partial charge in [-0.3, -0.25) is 0 Å². The van der Waals surface area contributed by atoms with Crippen molar-refractivity contribution in [2.45, 2.75) is 33.1 Å². The van der Waals surface area contributed by atoms with Crippen LogP contribution in [0.3, 0.4) is 0 Å². The molecule has 0 aromatic heterocycles. The molecule has 0 aromatic rings. The summed E-state index contributed by atoms with van der Waals surface area (Å²) in [5, 5.41) is 0. The van der Waals surface area contributed by atoms with E-state index in [1.807, 2.05) is 0 Å². The molecule has 18 heavy (non-hydrogen) atoms. The third-order valence-corrected chi connectivity index (χ3v) is 5.51. The van der Waals surface area contributed by atoms with Gasteiger partial charge < -0.3 is 5.73 Å². The molecule has 0 saturated carbocycles. The van der Waals surface area contributed by atoms with E-state index < -0.39 is 10.2 Å². The van der Waals surface area contributed by atoms with E-state index in [1.165, 1.54) is 4.31 Å². The first-order valence-electron chi connectivity index (χ1n) is 6.79. The van der Waals surface area contributed by atoms with Crippen LogP contribution in [0.1, 0.15) is 33.1 Å². The van der Waals surface area contributed by atoms with E-state index in [2.05, 4.69) is 13.8 Å². The van der Waals surface area contributed by atoms with Crippen molar-refractivity contribution < 1.29 is 8.42 Å². The Hall–Kier alpha value is -0.170. The fraction of sp³-hybridized carbons (Fsp3) is 1.00. The van der Waals surface area contributed by atoms with E-state index in [1.54, 1.807) is 11.4 Å². The van der Waals surface area contributed by atoms with Crippen LogP contribution in [0.4, 0.5) is 0 Å². The Morgan fingerprint density at radius 1 is 1.44 bits per heavy atom. The lowest BCUT2D eigenvalue weighted by Crippen LogP contribution is -2.48. The first kappa shape index (κ1) is 15.9. The molecule has 5 nitrogen and oxygen atoms in total. The fourth-order valence-electron chi connectivity index (χ4n) is 2.18. The van der Waals surface area contributed by atoms with Gasteiger partial charge in [0, 0.05) is 26.7 Å². The second kappa shape index (κ2) is 6.84. The number of nitrogens with two attached hydrogens (primary N) is 1. The SMILES string of the molecule is CC(C)CCN(C)S(=O)(=O)N1CCCC(CN)C1. The standard InChI is InChI=1S/C12H27N3O2S/c1-11(2)6-8-14(3)18(16,17)15-7-4-5-12(9-13)10-15/h11-12H,4-10,13H2,1-3H3. The van der Waals surface area contributed by atoms with Gasteiger partial charge in [0.2, 0.25) is 0 Å². The maximum absolute atomic E-state index is 12.4. The Morgan fingerprint density at radius 3 is 2.67 bits per heavy atom. The Kier molecular flexibility index (Phi) is 6.04. The Morgan fingerprint density at radius 2 is 2.11 bits per heavy atom. The van der Waals surface area contributed by atoms with E-state index >= 15 is 0 Å². The molecule has 108 valence electrons. The highest BCUT2D eigenvalue weighted by Crippen LogP contribution is 2.20.